The monoisotopic (exact) mass is 273 g/mol. The van der Waals surface area contributed by atoms with Crippen molar-refractivity contribution in [1.29, 1.82) is 0 Å². The quantitative estimate of drug-likeness (QED) is 0.701. The minimum atomic E-state index is 0.535. The van der Waals surface area contributed by atoms with Gasteiger partial charge < -0.3 is 21.3 Å². The highest BCUT2D eigenvalue weighted by molar-refractivity contribution is 5.29. The fourth-order valence-corrected chi connectivity index (χ4v) is 2.17. The number of nitrogens with one attached hydrogen (secondary N) is 2. The Kier molecular flexibility index (Phi) is 4.87. The standard InChI is InChI=1S/C15H23N5/c1-12(20-7-3-4-8-20)9-17-13(2)18-10-14-5-6-15(16)19-11-14/h5-6,11,17-18H,1-4,7-10H2,(H2,16,19). The molecule has 0 amide bonds. The van der Waals surface area contributed by atoms with Gasteiger partial charge in [-0.05, 0) is 24.5 Å². The number of nitrogens with zero attached hydrogens (tertiary/aromatic N) is 2. The molecule has 0 radical (unpaired) electrons. The molecule has 1 aromatic heterocycles. The topological polar surface area (TPSA) is 66.2 Å². The maximum atomic E-state index is 5.55. The number of aromatic nitrogens is 1. The molecule has 0 saturated carbocycles. The van der Waals surface area contributed by atoms with Crippen molar-refractivity contribution in [3.05, 3.63) is 48.6 Å². The molecule has 1 saturated heterocycles. The number of anilines is 1. The Morgan fingerprint density at radius 3 is 2.65 bits per heavy atom. The molecule has 1 aliphatic heterocycles. The first kappa shape index (κ1) is 14.2. The smallest absolute Gasteiger partial charge is 0.123 e. The van der Waals surface area contributed by atoms with Crippen LogP contribution in [0.1, 0.15) is 18.4 Å². The van der Waals surface area contributed by atoms with E-state index in [0.29, 0.717) is 12.4 Å². The fraction of sp³-hybridized carbons (Fsp3) is 0.400. The van der Waals surface area contributed by atoms with Crippen LogP contribution in [-0.2, 0) is 6.54 Å². The summed E-state index contributed by atoms with van der Waals surface area (Å²) in [5.41, 5.74) is 7.74. The molecule has 2 heterocycles. The van der Waals surface area contributed by atoms with Gasteiger partial charge in [0.15, 0.2) is 0 Å². The summed E-state index contributed by atoms with van der Waals surface area (Å²) in [6.07, 6.45) is 4.30. The first-order valence-corrected chi connectivity index (χ1v) is 6.95. The van der Waals surface area contributed by atoms with Gasteiger partial charge in [0.1, 0.15) is 5.82 Å². The van der Waals surface area contributed by atoms with Gasteiger partial charge in [0, 0.05) is 31.5 Å². The van der Waals surface area contributed by atoms with Crippen LogP contribution >= 0.6 is 0 Å². The Labute approximate surface area is 120 Å². The minimum Gasteiger partial charge on any atom is -0.384 e. The molecule has 0 spiro atoms. The average Bonchev–Trinajstić information content (AvgIpc) is 2.98. The van der Waals surface area contributed by atoms with E-state index in [2.05, 4.69) is 33.7 Å². The van der Waals surface area contributed by atoms with Crippen molar-refractivity contribution in [2.75, 3.05) is 25.4 Å². The fourth-order valence-electron chi connectivity index (χ4n) is 2.17. The van der Waals surface area contributed by atoms with Crippen LogP contribution in [0.25, 0.3) is 0 Å². The lowest BCUT2D eigenvalue weighted by atomic mass is 10.3. The highest BCUT2D eigenvalue weighted by Crippen LogP contribution is 2.12. The summed E-state index contributed by atoms with van der Waals surface area (Å²) in [5.74, 6) is 1.33. The van der Waals surface area contributed by atoms with Gasteiger partial charge >= 0.3 is 0 Å². The zero-order valence-electron chi connectivity index (χ0n) is 11.9. The third kappa shape index (κ3) is 4.19. The summed E-state index contributed by atoms with van der Waals surface area (Å²) in [6.45, 7) is 11.7. The molecule has 5 nitrogen and oxygen atoms in total. The molecule has 0 aromatic carbocycles. The zero-order valence-corrected chi connectivity index (χ0v) is 11.9. The normalized spacial score (nSPS) is 14.1. The second-order valence-corrected chi connectivity index (χ2v) is 5.04. The molecule has 0 aliphatic carbocycles. The second kappa shape index (κ2) is 6.84. The molecular weight excluding hydrogens is 250 g/mol. The van der Waals surface area contributed by atoms with Crippen molar-refractivity contribution >= 4 is 5.82 Å². The summed E-state index contributed by atoms with van der Waals surface area (Å²) >= 11 is 0. The Morgan fingerprint density at radius 2 is 2.00 bits per heavy atom. The lowest BCUT2D eigenvalue weighted by molar-refractivity contribution is 0.413. The van der Waals surface area contributed by atoms with Crippen LogP contribution in [0, 0.1) is 0 Å². The Balaban J connectivity index is 1.67. The summed E-state index contributed by atoms with van der Waals surface area (Å²) in [7, 11) is 0. The van der Waals surface area contributed by atoms with Crippen LogP contribution in [0.2, 0.25) is 0 Å². The van der Waals surface area contributed by atoms with Crippen molar-refractivity contribution in [2.45, 2.75) is 19.4 Å². The molecule has 1 aromatic rings. The molecule has 108 valence electrons. The lowest BCUT2D eigenvalue weighted by Gasteiger charge is -2.22. The zero-order chi connectivity index (χ0) is 14.4. The predicted octanol–water partition coefficient (Wildman–Crippen LogP) is 1.42. The van der Waals surface area contributed by atoms with E-state index in [9.17, 15) is 0 Å². The number of likely N-dealkylation sites (tertiary alicyclic amines) is 1. The Hall–Kier alpha value is -2.17. The van der Waals surface area contributed by atoms with E-state index in [1.54, 1.807) is 12.3 Å². The van der Waals surface area contributed by atoms with E-state index in [-0.39, 0.29) is 0 Å². The SMILES string of the molecule is C=C(NCC(=C)N1CCCC1)NCc1ccc(N)nc1. The van der Waals surface area contributed by atoms with Crippen LogP contribution < -0.4 is 16.4 Å². The highest BCUT2D eigenvalue weighted by Gasteiger charge is 2.12. The maximum Gasteiger partial charge on any atom is 0.123 e. The summed E-state index contributed by atoms with van der Waals surface area (Å²) < 4.78 is 0. The van der Waals surface area contributed by atoms with Gasteiger partial charge in [-0.25, -0.2) is 4.98 Å². The predicted molar refractivity (Wildman–Crippen MR) is 82.6 cm³/mol. The van der Waals surface area contributed by atoms with Crippen LogP contribution in [0.4, 0.5) is 5.82 Å². The van der Waals surface area contributed by atoms with E-state index < -0.39 is 0 Å². The van der Waals surface area contributed by atoms with Gasteiger partial charge in [0.05, 0.1) is 12.4 Å². The number of nitrogen functional groups attached to an aromatic ring is 1. The minimum absolute atomic E-state index is 0.535. The van der Waals surface area contributed by atoms with Crippen LogP contribution in [0.15, 0.2) is 43.0 Å². The number of nitrogens with two attached hydrogens (primary N) is 1. The number of pyridine rings is 1. The third-order valence-electron chi connectivity index (χ3n) is 3.41. The lowest BCUT2D eigenvalue weighted by Crippen LogP contribution is -2.31. The van der Waals surface area contributed by atoms with Crippen molar-refractivity contribution in [1.82, 2.24) is 20.5 Å². The van der Waals surface area contributed by atoms with Gasteiger partial charge in [-0.3, -0.25) is 0 Å². The molecular formula is C15H23N5. The van der Waals surface area contributed by atoms with Crippen molar-refractivity contribution in [2.24, 2.45) is 0 Å². The van der Waals surface area contributed by atoms with E-state index in [1.165, 1.54) is 12.8 Å². The summed E-state index contributed by atoms with van der Waals surface area (Å²) in [4.78, 5) is 6.37. The second-order valence-electron chi connectivity index (χ2n) is 5.04. The Morgan fingerprint density at radius 1 is 1.25 bits per heavy atom. The van der Waals surface area contributed by atoms with Crippen molar-refractivity contribution < 1.29 is 0 Å². The number of hydrogen-bond donors (Lipinski definition) is 3. The molecule has 2 rings (SSSR count). The van der Waals surface area contributed by atoms with Gasteiger partial charge in [0.2, 0.25) is 0 Å². The third-order valence-corrected chi connectivity index (χ3v) is 3.41. The molecule has 1 aliphatic rings. The van der Waals surface area contributed by atoms with E-state index in [4.69, 9.17) is 5.73 Å². The van der Waals surface area contributed by atoms with Crippen molar-refractivity contribution in [3.8, 4) is 0 Å². The van der Waals surface area contributed by atoms with E-state index in [0.717, 1.165) is 36.7 Å². The van der Waals surface area contributed by atoms with E-state index >= 15 is 0 Å². The highest BCUT2D eigenvalue weighted by atomic mass is 15.2. The van der Waals surface area contributed by atoms with Crippen molar-refractivity contribution in [3.63, 3.8) is 0 Å². The van der Waals surface area contributed by atoms with Gasteiger partial charge in [-0.1, -0.05) is 19.2 Å². The molecule has 20 heavy (non-hydrogen) atoms. The van der Waals surface area contributed by atoms with E-state index in [1.807, 2.05) is 6.07 Å². The number of hydrogen-bond acceptors (Lipinski definition) is 5. The van der Waals surface area contributed by atoms with Gasteiger partial charge in [0.25, 0.3) is 0 Å². The Bertz CT molecular complexity index is 460. The van der Waals surface area contributed by atoms with Gasteiger partial charge in [-0.15, -0.1) is 0 Å². The molecule has 1 fully saturated rings. The summed E-state index contributed by atoms with van der Waals surface area (Å²) in [5, 5.41) is 6.47. The first-order valence-electron chi connectivity index (χ1n) is 6.95. The molecule has 0 unspecified atom stereocenters. The first-order chi connectivity index (χ1) is 9.65. The van der Waals surface area contributed by atoms with Crippen LogP contribution in [0.3, 0.4) is 0 Å². The maximum absolute atomic E-state index is 5.55. The van der Waals surface area contributed by atoms with Gasteiger partial charge in [-0.2, -0.15) is 0 Å². The molecule has 4 N–H and O–H groups in total. The molecule has 0 bridgehead atoms. The van der Waals surface area contributed by atoms with Crippen LogP contribution in [0.5, 0.6) is 0 Å². The summed E-state index contributed by atoms with van der Waals surface area (Å²) in [6, 6.07) is 3.74. The number of rotatable bonds is 7. The largest absolute Gasteiger partial charge is 0.384 e. The van der Waals surface area contributed by atoms with Crippen LogP contribution in [-0.4, -0.2) is 29.5 Å². The molecule has 0 atom stereocenters. The molecule has 5 heteroatoms. The average molecular weight is 273 g/mol.